The van der Waals surface area contributed by atoms with Crippen molar-refractivity contribution in [3.8, 4) is 0 Å². The highest BCUT2D eigenvalue weighted by Gasteiger charge is 2.24. The van der Waals surface area contributed by atoms with E-state index in [0.717, 1.165) is 0 Å². The molecule has 2 heterocycles. The van der Waals surface area contributed by atoms with Gasteiger partial charge >= 0.3 is 0 Å². The Balaban J connectivity index is 1.67. The van der Waals surface area contributed by atoms with E-state index in [4.69, 9.17) is 4.74 Å². The lowest BCUT2D eigenvalue weighted by atomic mass is 10.4. The van der Waals surface area contributed by atoms with Crippen LogP contribution in [0.2, 0.25) is 0 Å². The third kappa shape index (κ3) is 5.06. The van der Waals surface area contributed by atoms with Gasteiger partial charge in [-0.2, -0.15) is 9.40 Å². The molecule has 1 fully saturated rings. The lowest BCUT2D eigenvalue weighted by Gasteiger charge is -2.25. The van der Waals surface area contributed by atoms with Crippen LogP contribution in [0.25, 0.3) is 0 Å². The fourth-order valence-electron chi connectivity index (χ4n) is 1.94. The molecular weight excluding hydrogens is 298 g/mol. The average molecular weight is 317 g/mol. The van der Waals surface area contributed by atoms with E-state index in [2.05, 4.69) is 20.5 Å². The molecule has 2 N–H and O–H groups in total. The molecule has 10 heteroatoms. The number of H-pyrrole nitrogens is 1. The first-order valence-corrected chi connectivity index (χ1v) is 8.35. The second-order valence-electron chi connectivity index (χ2n) is 4.61. The van der Waals surface area contributed by atoms with E-state index in [9.17, 15) is 13.2 Å². The van der Waals surface area contributed by atoms with E-state index in [1.807, 2.05) is 0 Å². The highest BCUT2D eigenvalue weighted by Crippen LogP contribution is 2.06. The average Bonchev–Trinajstić information content (AvgIpc) is 2.99. The van der Waals surface area contributed by atoms with Gasteiger partial charge in [0.25, 0.3) is 0 Å². The van der Waals surface area contributed by atoms with Crippen molar-refractivity contribution < 1.29 is 17.9 Å². The zero-order chi connectivity index (χ0) is 15.1. The van der Waals surface area contributed by atoms with Crippen molar-refractivity contribution in [2.24, 2.45) is 0 Å². The summed E-state index contributed by atoms with van der Waals surface area (Å²) in [6, 6.07) is 0. The van der Waals surface area contributed by atoms with Crippen molar-refractivity contribution in [2.75, 3.05) is 38.6 Å². The molecule has 0 spiro atoms. The molecule has 0 atom stereocenters. The topological polar surface area (TPSA) is 117 Å². The monoisotopic (exact) mass is 317 g/mol. The van der Waals surface area contributed by atoms with Crippen LogP contribution in [-0.2, 0) is 26.0 Å². The zero-order valence-electron chi connectivity index (χ0n) is 11.6. The number of carbonyl (C=O) groups excluding carboxylic acids is 1. The second kappa shape index (κ2) is 7.48. The normalized spacial score (nSPS) is 16.8. The molecule has 0 radical (unpaired) electrons. The van der Waals surface area contributed by atoms with Gasteiger partial charge in [0.1, 0.15) is 12.2 Å². The van der Waals surface area contributed by atoms with Gasteiger partial charge in [0.05, 0.1) is 19.0 Å². The van der Waals surface area contributed by atoms with Crippen LogP contribution in [0, 0.1) is 0 Å². The number of ether oxygens (including phenoxy) is 1. The Morgan fingerprint density at radius 3 is 2.86 bits per heavy atom. The quantitative estimate of drug-likeness (QED) is 0.633. The highest BCUT2D eigenvalue weighted by molar-refractivity contribution is 7.89. The molecule has 9 nitrogen and oxygen atoms in total. The van der Waals surface area contributed by atoms with Gasteiger partial charge in [-0.15, -0.1) is 0 Å². The number of hydrogen-bond donors (Lipinski definition) is 2. The molecule has 1 saturated heterocycles. The summed E-state index contributed by atoms with van der Waals surface area (Å²) in [4.78, 5) is 15.6. The number of sulfonamides is 1. The van der Waals surface area contributed by atoms with Crippen molar-refractivity contribution in [2.45, 2.75) is 12.8 Å². The number of hydrogen-bond acceptors (Lipinski definition) is 6. The largest absolute Gasteiger partial charge is 0.379 e. The summed E-state index contributed by atoms with van der Waals surface area (Å²) in [5.74, 6) is 0.212. The number of amides is 1. The third-order valence-corrected chi connectivity index (χ3v) is 4.97. The standard InChI is InChI=1S/C11H19N5O4S/c17-11(12-3-1-10-13-9-14-15-10)2-8-21(18,19)16-4-6-20-7-5-16/h9H,1-8H2,(H,12,17)(H,13,14,15). The maximum atomic E-state index is 12.0. The molecule has 118 valence electrons. The molecule has 1 amide bonds. The Hall–Kier alpha value is -1.52. The molecule has 0 saturated carbocycles. The number of morpholine rings is 1. The summed E-state index contributed by atoms with van der Waals surface area (Å²) in [7, 11) is -3.38. The number of carbonyl (C=O) groups is 1. The van der Waals surface area contributed by atoms with Crippen molar-refractivity contribution in [3.05, 3.63) is 12.2 Å². The lowest BCUT2D eigenvalue weighted by Crippen LogP contribution is -2.42. The molecule has 0 aliphatic carbocycles. The van der Waals surface area contributed by atoms with E-state index in [1.165, 1.54) is 10.6 Å². The van der Waals surface area contributed by atoms with Gasteiger partial charge < -0.3 is 10.1 Å². The summed E-state index contributed by atoms with van der Waals surface area (Å²) in [5, 5.41) is 9.04. The van der Waals surface area contributed by atoms with Crippen LogP contribution in [0.1, 0.15) is 12.2 Å². The summed E-state index contributed by atoms with van der Waals surface area (Å²) >= 11 is 0. The van der Waals surface area contributed by atoms with Crippen LogP contribution in [-0.4, -0.2) is 72.4 Å². The summed E-state index contributed by atoms with van der Waals surface area (Å²) in [5.41, 5.74) is 0. The van der Waals surface area contributed by atoms with Gasteiger partial charge in [0.2, 0.25) is 15.9 Å². The first-order chi connectivity index (χ1) is 10.1. The Labute approximate surface area is 123 Å². The fourth-order valence-corrected chi connectivity index (χ4v) is 3.34. The molecule has 1 aromatic heterocycles. The molecule has 0 aromatic carbocycles. The molecule has 1 aromatic rings. The highest BCUT2D eigenvalue weighted by atomic mass is 32.2. The summed E-state index contributed by atoms with van der Waals surface area (Å²) in [6.45, 7) is 1.92. The predicted molar refractivity (Wildman–Crippen MR) is 73.9 cm³/mol. The molecule has 1 aliphatic rings. The van der Waals surface area contributed by atoms with E-state index < -0.39 is 10.0 Å². The number of nitrogens with one attached hydrogen (secondary N) is 2. The Morgan fingerprint density at radius 1 is 1.43 bits per heavy atom. The smallest absolute Gasteiger partial charge is 0.221 e. The molecule has 0 unspecified atom stereocenters. The number of aromatic amines is 1. The molecule has 2 rings (SSSR count). The van der Waals surface area contributed by atoms with Crippen molar-refractivity contribution in [1.29, 1.82) is 0 Å². The van der Waals surface area contributed by atoms with Gasteiger partial charge in [-0.3, -0.25) is 9.89 Å². The number of nitrogens with zero attached hydrogens (tertiary/aromatic N) is 3. The van der Waals surface area contributed by atoms with Crippen molar-refractivity contribution in [3.63, 3.8) is 0 Å². The van der Waals surface area contributed by atoms with Crippen molar-refractivity contribution in [1.82, 2.24) is 24.8 Å². The molecular formula is C11H19N5O4S. The molecule has 0 bridgehead atoms. The lowest BCUT2D eigenvalue weighted by molar-refractivity contribution is -0.120. The summed E-state index contributed by atoms with van der Waals surface area (Å²) < 4.78 is 30.5. The minimum absolute atomic E-state index is 0.0455. The zero-order valence-corrected chi connectivity index (χ0v) is 12.4. The predicted octanol–water partition coefficient (Wildman–Crippen LogP) is -1.48. The summed E-state index contributed by atoms with van der Waals surface area (Å²) in [6.07, 6.45) is 1.88. The number of rotatable bonds is 7. The van der Waals surface area contributed by atoms with Crippen LogP contribution in [0.15, 0.2) is 6.33 Å². The van der Waals surface area contributed by atoms with E-state index in [-0.39, 0.29) is 18.1 Å². The van der Waals surface area contributed by atoms with Gasteiger partial charge in [-0.25, -0.2) is 13.4 Å². The Kier molecular flexibility index (Phi) is 5.65. The van der Waals surface area contributed by atoms with Crippen LogP contribution in [0.4, 0.5) is 0 Å². The van der Waals surface area contributed by atoms with Crippen LogP contribution >= 0.6 is 0 Å². The van der Waals surface area contributed by atoms with E-state index in [1.54, 1.807) is 0 Å². The van der Waals surface area contributed by atoms with Crippen LogP contribution in [0.3, 0.4) is 0 Å². The van der Waals surface area contributed by atoms with Gasteiger partial charge in [-0.1, -0.05) is 0 Å². The Morgan fingerprint density at radius 2 is 2.19 bits per heavy atom. The maximum absolute atomic E-state index is 12.0. The first kappa shape index (κ1) is 15.9. The SMILES string of the molecule is O=C(CCS(=O)(=O)N1CCOCC1)NCCc1ncn[nH]1. The van der Waals surface area contributed by atoms with Crippen LogP contribution in [0.5, 0.6) is 0 Å². The molecule has 21 heavy (non-hydrogen) atoms. The second-order valence-corrected chi connectivity index (χ2v) is 6.70. The fraction of sp³-hybridized carbons (Fsp3) is 0.727. The first-order valence-electron chi connectivity index (χ1n) is 6.74. The van der Waals surface area contributed by atoms with Gasteiger partial charge in [0, 0.05) is 32.5 Å². The van der Waals surface area contributed by atoms with E-state index >= 15 is 0 Å². The molecule has 1 aliphatic heterocycles. The third-order valence-electron chi connectivity index (χ3n) is 3.10. The van der Waals surface area contributed by atoms with Crippen molar-refractivity contribution >= 4 is 15.9 Å². The van der Waals surface area contributed by atoms with Gasteiger partial charge in [-0.05, 0) is 0 Å². The minimum Gasteiger partial charge on any atom is -0.379 e. The van der Waals surface area contributed by atoms with Gasteiger partial charge in [0.15, 0.2) is 0 Å². The Bertz CT molecular complexity index is 539. The number of aromatic nitrogens is 3. The van der Waals surface area contributed by atoms with Crippen LogP contribution < -0.4 is 5.32 Å². The maximum Gasteiger partial charge on any atom is 0.221 e. The minimum atomic E-state index is -3.38. The van der Waals surface area contributed by atoms with E-state index in [0.29, 0.717) is 45.1 Å².